The fraction of sp³-hybridized carbons (Fsp3) is 0.667. The van der Waals surface area contributed by atoms with Crippen molar-refractivity contribution in [1.29, 1.82) is 0 Å². The van der Waals surface area contributed by atoms with Crippen molar-refractivity contribution in [2.45, 2.75) is 66.1 Å². The molecule has 0 amide bonds. The summed E-state index contributed by atoms with van der Waals surface area (Å²) >= 11 is 0. The quantitative estimate of drug-likeness (QED) is 0.903. The second-order valence-electron chi connectivity index (χ2n) is 6.37. The number of aryl methyl sites for hydroxylation is 3. The maximum absolute atomic E-state index is 3.68. The lowest BCUT2D eigenvalue weighted by Gasteiger charge is -2.40. The summed E-state index contributed by atoms with van der Waals surface area (Å²) in [6.07, 6.45) is 2.45. The second-order valence-corrected chi connectivity index (χ2v) is 6.37. The Balaban J connectivity index is 2.15. The summed E-state index contributed by atoms with van der Waals surface area (Å²) in [5, 5.41) is 3.68. The van der Waals surface area contributed by atoms with Crippen LogP contribution < -0.4 is 5.32 Å². The van der Waals surface area contributed by atoms with Crippen molar-refractivity contribution in [1.82, 2.24) is 10.2 Å². The molecule has 2 nitrogen and oxygen atoms in total. The van der Waals surface area contributed by atoms with E-state index in [0.29, 0.717) is 12.1 Å². The molecule has 0 aromatic heterocycles. The Labute approximate surface area is 124 Å². The van der Waals surface area contributed by atoms with Gasteiger partial charge in [-0.15, -0.1) is 0 Å². The first-order chi connectivity index (χ1) is 9.55. The third kappa shape index (κ3) is 3.42. The summed E-state index contributed by atoms with van der Waals surface area (Å²) in [6, 6.07) is 6.06. The summed E-state index contributed by atoms with van der Waals surface area (Å²) in [7, 11) is 0. The van der Waals surface area contributed by atoms with Gasteiger partial charge in [-0.3, -0.25) is 4.90 Å². The zero-order valence-corrected chi connectivity index (χ0v) is 13.8. The van der Waals surface area contributed by atoms with Crippen LogP contribution in [0.1, 0.15) is 48.9 Å². The van der Waals surface area contributed by atoms with Gasteiger partial charge in [0.25, 0.3) is 0 Å². The van der Waals surface area contributed by atoms with Crippen molar-refractivity contribution in [2.24, 2.45) is 0 Å². The molecule has 0 aliphatic carbocycles. The standard InChI is InChI=1S/C18H30N2/c1-6-17-12-20(18(7-2)10-19-17)11-16-9-14(4)13(3)8-15(16)5/h8-9,17-19H,6-7,10-12H2,1-5H3. The molecule has 1 fully saturated rings. The van der Waals surface area contributed by atoms with Gasteiger partial charge in [0, 0.05) is 31.7 Å². The van der Waals surface area contributed by atoms with Crippen LogP contribution in [0.2, 0.25) is 0 Å². The highest BCUT2D eigenvalue weighted by molar-refractivity contribution is 5.36. The molecule has 1 heterocycles. The first-order valence-corrected chi connectivity index (χ1v) is 8.09. The van der Waals surface area contributed by atoms with Gasteiger partial charge >= 0.3 is 0 Å². The van der Waals surface area contributed by atoms with Crippen LogP contribution in [-0.4, -0.2) is 30.1 Å². The molecule has 1 aliphatic rings. The van der Waals surface area contributed by atoms with Gasteiger partial charge in [0.05, 0.1) is 0 Å². The predicted octanol–water partition coefficient (Wildman–Crippen LogP) is 3.57. The highest BCUT2D eigenvalue weighted by Gasteiger charge is 2.26. The average Bonchev–Trinajstić information content (AvgIpc) is 2.44. The smallest absolute Gasteiger partial charge is 0.0240 e. The second kappa shape index (κ2) is 6.73. The van der Waals surface area contributed by atoms with Crippen molar-refractivity contribution >= 4 is 0 Å². The number of hydrogen-bond acceptors (Lipinski definition) is 2. The van der Waals surface area contributed by atoms with E-state index in [9.17, 15) is 0 Å². The molecule has 2 unspecified atom stereocenters. The van der Waals surface area contributed by atoms with E-state index in [1.165, 1.54) is 41.6 Å². The Morgan fingerprint density at radius 3 is 2.40 bits per heavy atom. The predicted molar refractivity (Wildman–Crippen MR) is 87.2 cm³/mol. The fourth-order valence-corrected chi connectivity index (χ4v) is 3.21. The van der Waals surface area contributed by atoms with Gasteiger partial charge in [-0.2, -0.15) is 0 Å². The molecule has 1 aromatic rings. The zero-order valence-electron chi connectivity index (χ0n) is 13.8. The summed E-state index contributed by atoms with van der Waals surface area (Å²) in [6.45, 7) is 14.7. The summed E-state index contributed by atoms with van der Waals surface area (Å²) in [5.41, 5.74) is 5.77. The minimum atomic E-state index is 0.657. The Hall–Kier alpha value is -0.860. The molecular formula is C18H30N2. The van der Waals surface area contributed by atoms with Crippen molar-refractivity contribution in [3.05, 3.63) is 34.4 Å². The summed E-state index contributed by atoms with van der Waals surface area (Å²) in [5.74, 6) is 0. The Morgan fingerprint density at radius 1 is 1.05 bits per heavy atom. The van der Waals surface area contributed by atoms with Crippen molar-refractivity contribution in [3.63, 3.8) is 0 Å². The molecule has 0 spiro atoms. The largest absolute Gasteiger partial charge is 0.311 e. The number of hydrogen-bond donors (Lipinski definition) is 1. The Kier molecular flexibility index (Phi) is 5.22. The number of benzene rings is 1. The number of piperazine rings is 1. The van der Waals surface area contributed by atoms with Gasteiger partial charge in [-0.1, -0.05) is 26.0 Å². The lowest BCUT2D eigenvalue weighted by Crippen LogP contribution is -2.55. The third-order valence-electron chi connectivity index (χ3n) is 4.90. The van der Waals surface area contributed by atoms with Crippen LogP contribution in [0.25, 0.3) is 0 Å². The van der Waals surface area contributed by atoms with E-state index in [2.05, 4.69) is 57.0 Å². The maximum atomic E-state index is 3.68. The molecule has 2 heteroatoms. The van der Waals surface area contributed by atoms with Crippen LogP contribution in [0.15, 0.2) is 12.1 Å². The number of nitrogens with one attached hydrogen (secondary N) is 1. The van der Waals surface area contributed by atoms with E-state index in [1.807, 2.05) is 0 Å². The van der Waals surface area contributed by atoms with Gasteiger partial charge < -0.3 is 5.32 Å². The molecular weight excluding hydrogens is 244 g/mol. The first kappa shape index (κ1) is 15.5. The fourth-order valence-electron chi connectivity index (χ4n) is 3.21. The molecule has 2 rings (SSSR count). The van der Waals surface area contributed by atoms with E-state index >= 15 is 0 Å². The normalized spacial score (nSPS) is 24.1. The molecule has 20 heavy (non-hydrogen) atoms. The van der Waals surface area contributed by atoms with E-state index < -0.39 is 0 Å². The molecule has 1 saturated heterocycles. The summed E-state index contributed by atoms with van der Waals surface area (Å²) < 4.78 is 0. The van der Waals surface area contributed by atoms with E-state index in [4.69, 9.17) is 0 Å². The monoisotopic (exact) mass is 274 g/mol. The van der Waals surface area contributed by atoms with Gasteiger partial charge in [-0.05, 0) is 55.9 Å². The lowest BCUT2D eigenvalue weighted by molar-refractivity contribution is 0.117. The molecule has 112 valence electrons. The van der Waals surface area contributed by atoms with E-state index in [-0.39, 0.29) is 0 Å². The van der Waals surface area contributed by atoms with Crippen LogP contribution in [0, 0.1) is 20.8 Å². The molecule has 0 bridgehead atoms. The zero-order chi connectivity index (χ0) is 14.7. The van der Waals surface area contributed by atoms with Gasteiger partial charge in [0.2, 0.25) is 0 Å². The van der Waals surface area contributed by atoms with Gasteiger partial charge in [0.1, 0.15) is 0 Å². The Bertz CT molecular complexity index is 453. The maximum Gasteiger partial charge on any atom is 0.0240 e. The third-order valence-corrected chi connectivity index (χ3v) is 4.90. The van der Waals surface area contributed by atoms with Gasteiger partial charge in [0.15, 0.2) is 0 Å². The molecule has 1 aliphatic heterocycles. The highest BCUT2D eigenvalue weighted by atomic mass is 15.2. The van der Waals surface area contributed by atoms with E-state index in [1.54, 1.807) is 0 Å². The molecule has 2 atom stereocenters. The minimum absolute atomic E-state index is 0.657. The highest BCUT2D eigenvalue weighted by Crippen LogP contribution is 2.21. The number of rotatable bonds is 4. The van der Waals surface area contributed by atoms with Crippen LogP contribution in [-0.2, 0) is 6.54 Å². The average molecular weight is 274 g/mol. The summed E-state index contributed by atoms with van der Waals surface area (Å²) in [4.78, 5) is 2.68. The van der Waals surface area contributed by atoms with Crippen molar-refractivity contribution in [2.75, 3.05) is 13.1 Å². The van der Waals surface area contributed by atoms with Crippen molar-refractivity contribution in [3.8, 4) is 0 Å². The molecule has 0 radical (unpaired) electrons. The number of nitrogens with zero attached hydrogens (tertiary/aromatic N) is 1. The SMILES string of the molecule is CCC1CN(Cc2cc(C)c(C)cc2C)C(CC)CN1. The Morgan fingerprint density at radius 2 is 1.75 bits per heavy atom. The minimum Gasteiger partial charge on any atom is -0.311 e. The molecule has 1 N–H and O–H groups in total. The molecule has 1 aromatic carbocycles. The first-order valence-electron chi connectivity index (χ1n) is 8.09. The van der Waals surface area contributed by atoms with Crippen LogP contribution in [0.5, 0.6) is 0 Å². The van der Waals surface area contributed by atoms with Crippen LogP contribution in [0.4, 0.5) is 0 Å². The van der Waals surface area contributed by atoms with Crippen molar-refractivity contribution < 1.29 is 0 Å². The van der Waals surface area contributed by atoms with Gasteiger partial charge in [-0.25, -0.2) is 0 Å². The lowest BCUT2D eigenvalue weighted by atomic mass is 9.98. The van der Waals surface area contributed by atoms with E-state index in [0.717, 1.165) is 13.1 Å². The molecule has 0 saturated carbocycles. The topological polar surface area (TPSA) is 15.3 Å². The van der Waals surface area contributed by atoms with Crippen LogP contribution >= 0.6 is 0 Å². The van der Waals surface area contributed by atoms with Crippen LogP contribution in [0.3, 0.4) is 0 Å².